The van der Waals surface area contributed by atoms with E-state index in [0.29, 0.717) is 49.9 Å². The Morgan fingerprint density at radius 2 is 1.35 bits per heavy atom. The molecule has 13 N–H and O–H groups in total. The zero-order chi connectivity index (χ0) is 35.9. The standard InChI is InChI=1S/C34H60N10O4/c1-4-5-6-7-8-9-10-16-28(45)42-26(15-13-22-40-34(38)39)32(47)44-29(23(2)3)33(48)43-27(14-11-12-21-35)31(46)41-25-19-17-24(18-20-25)30(36)37/h17-20,23,26-27,29H,4-16,21-22,35H2,1-3H3,(H3,36,37)(H,41,46)(H,42,45)(H,43,48)(H,44,47)(H4,38,39,40)/t26-,27-,29-/m0/s1. The van der Waals surface area contributed by atoms with Gasteiger partial charge in [0.1, 0.15) is 24.0 Å². The van der Waals surface area contributed by atoms with Crippen molar-refractivity contribution in [1.29, 1.82) is 5.41 Å². The maximum atomic E-state index is 13.6. The molecule has 270 valence electrons. The number of hydrogen-bond acceptors (Lipinski definition) is 7. The number of unbranched alkanes of at least 4 members (excludes halogenated alkanes) is 7. The lowest BCUT2D eigenvalue weighted by Crippen LogP contribution is -2.57. The van der Waals surface area contributed by atoms with Crippen LogP contribution < -0.4 is 44.2 Å². The fraction of sp³-hybridized carbons (Fsp3) is 0.647. The molecular formula is C34H60N10O4. The highest BCUT2D eigenvalue weighted by molar-refractivity contribution is 6.00. The van der Waals surface area contributed by atoms with Crippen molar-refractivity contribution in [2.45, 2.75) is 122 Å². The van der Waals surface area contributed by atoms with Gasteiger partial charge in [-0.25, -0.2) is 0 Å². The first-order valence-electron chi connectivity index (χ1n) is 17.3. The lowest BCUT2D eigenvalue weighted by atomic mass is 10.0. The number of guanidine groups is 1. The van der Waals surface area contributed by atoms with Crippen LogP contribution in [0.3, 0.4) is 0 Å². The van der Waals surface area contributed by atoms with Gasteiger partial charge in [0, 0.05) is 24.2 Å². The molecule has 0 radical (unpaired) electrons. The van der Waals surface area contributed by atoms with Crippen molar-refractivity contribution in [3.63, 3.8) is 0 Å². The van der Waals surface area contributed by atoms with Gasteiger partial charge in [0.25, 0.3) is 0 Å². The lowest BCUT2D eigenvalue weighted by Gasteiger charge is -2.27. The summed E-state index contributed by atoms with van der Waals surface area (Å²) in [5, 5.41) is 18.8. The third-order valence-electron chi connectivity index (χ3n) is 7.89. The second-order valence-electron chi connectivity index (χ2n) is 12.5. The second-order valence-corrected chi connectivity index (χ2v) is 12.5. The minimum atomic E-state index is -0.975. The molecule has 0 bridgehead atoms. The molecule has 14 nitrogen and oxygen atoms in total. The van der Waals surface area contributed by atoms with E-state index in [-0.39, 0.29) is 36.6 Å². The fourth-order valence-corrected chi connectivity index (χ4v) is 5.06. The summed E-state index contributed by atoms with van der Waals surface area (Å²) in [5.41, 5.74) is 23.0. The van der Waals surface area contributed by atoms with Crippen LogP contribution >= 0.6 is 0 Å². The highest BCUT2D eigenvalue weighted by Gasteiger charge is 2.31. The Morgan fingerprint density at radius 1 is 0.750 bits per heavy atom. The van der Waals surface area contributed by atoms with Gasteiger partial charge in [0.15, 0.2) is 5.96 Å². The van der Waals surface area contributed by atoms with Crippen molar-refractivity contribution in [1.82, 2.24) is 16.0 Å². The van der Waals surface area contributed by atoms with Crippen LogP contribution in [0.25, 0.3) is 0 Å². The molecule has 1 aromatic rings. The first-order valence-corrected chi connectivity index (χ1v) is 17.3. The van der Waals surface area contributed by atoms with E-state index in [1.165, 1.54) is 19.3 Å². The molecule has 0 aromatic heterocycles. The molecule has 0 unspecified atom stereocenters. The molecule has 4 amide bonds. The molecule has 0 aliphatic heterocycles. The van der Waals surface area contributed by atoms with Crippen LogP contribution in [-0.4, -0.2) is 66.6 Å². The topological polar surface area (TPSA) is 257 Å². The summed E-state index contributed by atoms with van der Waals surface area (Å²) in [6, 6.07) is 3.72. The number of carbonyl (C=O) groups excluding carboxylic acids is 4. The molecule has 0 saturated carbocycles. The number of aliphatic imine (C=N–C) groups is 1. The Kier molecular flexibility index (Phi) is 20.9. The Hall–Kier alpha value is -4.20. The number of amides is 4. The van der Waals surface area contributed by atoms with E-state index < -0.39 is 35.8 Å². The molecule has 0 aliphatic carbocycles. The van der Waals surface area contributed by atoms with E-state index in [9.17, 15) is 19.2 Å². The molecular weight excluding hydrogens is 612 g/mol. The van der Waals surface area contributed by atoms with Crippen LogP contribution in [0.15, 0.2) is 29.3 Å². The van der Waals surface area contributed by atoms with Gasteiger partial charge in [0.2, 0.25) is 23.6 Å². The van der Waals surface area contributed by atoms with Gasteiger partial charge in [-0.2, -0.15) is 0 Å². The lowest BCUT2D eigenvalue weighted by molar-refractivity contribution is -0.134. The average molecular weight is 673 g/mol. The van der Waals surface area contributed by atoms with Crippen molar-refractivity contribution in [3.8, 4) is 0 Å². The largest absolute Gasteiger partial charge is 0.384 e. The van der Waals surface area contributed by atoms with E-state index in [2.05, 4.69) is 33.2 Å². The quantitative estimate of drug-likeness (QED) is 0.0422. The van der Waals surface area contributed by atoms with Crippen molar-refractivity contribution < 1.29 is 19.2 Å². The van der Waals surface area contributed by atoms with Crippen LogP contribution in [0, 0.1) is 11.3 Å². The van der Waals surface area contributed by atoms with Crippen molar-refractivity contribution in [2.75, 3.05) is 18.4 Å². The van der Waals surface area contributed by atoms with Crippen LogP contribution in [-0.2, 0) is 19.2 Å². The van der Waals surface area contributed by atoms with Crippen LogP contribution in [0.2, 0.25) is 0 Å². The number of benzene rings is 1. The maximum Gasteiger partial charge on any atom is 0.246 e. The number of rotatable bonds is 25. The molecule has 14 heteroatoms. The Labute approximate surface area is 285 Å². The first-order chi connectivity index (χ1) is 22.9. The van der Waals surface area contributed by atoms with Gasteiger partial charge in [-0.15, -0.1) is 0 Å². The van der Waals surface area contributed by atoms with Crippen molar-refractivity contribution in [3.05, 3.63) is 29.8 Å². The number of carbonyl (C=O) groups is 4. The summed E-state index contributed by atoms with van der Waals surface area (Å²) in [5.74, 6) is -2.17. The number of hydrogen-bond donors (Lipinski definition) is 9. The summed E-state index contributed by atoms with van der Waals surface area (Å²) in [6.07, 6.45) is 10.1. The third kappa shape index (κ3) is 17.6. The summed E-state index contributed by atoms with van der Waals surface area (Å²) >= 11 is 0. The van der Waals surface area contributed by atoms with Gasteiger partial charge in [-0.1, -0.05) is 59.3 Å². The summed E-state index contributed by atoms with van der Waals surface area (Å²) in [6.45, 7) is 6.47. The highest BCUT2D eigenvalue weighted by atomic mass is 16.2. The number of nitrogens with one attached hydrogen (secondary N) is 5. The first kappa shape index (κ1) is 41.8. The van der Waals surface area contributed by atoms with E-state index in [1.54, 1.807) is 38.1 Å². The highest BCUT2D eigenvalue weighted by Crippen LogP contribution is 2.13. The van der Waals surface area contributed by atoms with Gasteiger partial charge < -0.3 is 44.2 Å². The fourth-order valence-electron chi connectivity index (χ4n) is 5.06. The number of nitrogens with zero attached hydrogens (tertiary/aromatic N) is 1. The Bertz CT molecular complexity index is 1170. The van der Waals surface area contributed by atoms with Gasteiger partial charge in [-0.3, -0.25) is 29.6 Å². The minimum Gasteiger partial charge on any atom is -0.384 e. The smallest absolute Gasteiger partial charge is 0.246 e. The van der Waals surface area contributed by atoms with Crippen molar-refractivity contribution >= 4 is 41.1 Å². The molecule has 0 saturated heterocycles. The molecule has 0 spiro atoms. The number of amidine groups is 1. The maximum absolute atomic E-state index is 13.6. The van der Waals surface area contributed by atoms with E-state index in [4.69, 9.17) is 28.3 Å². The summed E-state index contributed by atoms with van der Waals surface area (Å²) in [4.78, 5) is 57.2. The third-order valence-corrected chi connectivity index (χ3v) is 7.89. The molecule has 48 heavy (non-hydrogen) atoms. The molecule has 0 aliphatic rings. The monoisotopic (exact) mass is 672 g/mol. The second kappa shape index (κ2) is 24.0. The number of nitrogens with two attached hydrogens (primary N) is 4. The van der Waals surface area contributed by atoms with Crippen LogP contribution in [0.5, 0.6) is 0 Å². The molecule has 1 rings (SSSR count). The molecule has 0 heterocycles. The Balaban J connectivity index is 2.98. The SMILES string of the molecule is CCCCCCCCCC(=O)N[C@@H](CCCN=C(N)N)C(=O)N[C@H](C(=O)N[C@@H](CCCCN)C(=O)Nc1ccc(C(=N)N)cc1)C(C)C. The zero-order valence-corrected chi connectivity index (χ0v) is 29.1. The van der Waals surface area contributed by atoms with E-state index in [0.717, 1.165) is 25.7 Å². The predicted molar refractivity (Wildman–Crippen MR) is 192 cm³/mol. The summed E-state index contributed by atoms with van der Waals surface area (Å²) in [7, 11) is 0. The molecule has 0 fully saturated rings. The average Bonchev–Trinajstić information content (AvgIpc) is 3.03. The van der Waals surface area contributed by atoms with E-state index in [1.807, 2.05) is 0 Å². The molecule has 1 aromatic carbocycles. The van der Waals surface area contributed by atoms with Crippen LogP contribution in [0.4, 0.5) is 5.69 Å². The Morgan fingerprint density at radius 3 is 1.94 bits per heavy atom. The van der Waals surface area contributed by atoms with Gasteiger partial charge in [0.05, 0.1) is 0 Å². The normalized spacial score (nSPS) is 12.8. The summed E-state index contributed by atoms with van der Waals surface area (Å²) < 4.78 is 0. The predicted octanol–water partition coefficient (Wildman–Crippen LogP) is 2.34. The molecule has 3 atom stereocenters. The number of anilines is 1. The van der Waals surface area contributed by atoms with Crippen molar-refractivity contribution in [2.24, 2.45) is 33.8 Å². The van der Waals surface area contributed by atoms with Gasteiger partial charge >= 0.3 is 0 Å². The zero-order valence-electron chi connectivity index (χ0n) is 29.1. The minimum absolute atomic E-state index is 0.0614. The van der Waals surface area contributed by atoms with Gasteiger partial charge in [-0.05, 0) is 75.3 Å². The van der Waals surface area contributed by atoms with Crippen LogP contribution in [0.1, 0.15) is 110 Å². The van der Waals surface area contributed by atoms with E-state index >= 15 is 0 Å². The number of nitrogen functional groups attached to an aromatic ring is 1.